The minimum Gasteiger partial charge on any atom is -0.465 e. The molecule has 0 fully saturated rings. The molecule has 0 saturated heterocycles. The molecule has 0 spiro atoms. The van der Waals surface area contributed by atoms with Crippen LogP contribution in [0.2, 0.25) is 0 Å². The second kappa shape index (κ2) is 9.45. The van der Waals surface area contributed by atoms with Gasteiger partial charge in [-0.3, -0.25) is 14.4 Å². The summed E-state index contributed by atoms with van der Waals surface area (Å²) in [6.07, 6.45) is 0. The first-order chi connectivity index (χ1) is 14.7. The molecule has 0 unspecified atom stereocenters. The first-order valence-electron chi connectivity index (χ1n) is 9.97. The van der Waals surface area contributed by atoms with Gasteiger partial charge >= 0.3 is 5.97 Å². The molecule has 2 aromatic heterocycles. The molecule has 2 heterocycles. The Morgan fingerprint density at radius 1 is 1.19 bits per heavy atom. The molecule has 3 rings (SSSR count). The number of carbonyl (C=O) groups is 2. The third kappa shape index (κ3) is 4.86. The van der Waals surface area contributed by atoms with Gasteiger partial charge in [-0.05, 0) is 33.4 Å². The van der Waals surface area contributed by atoms with Gasteiger partial charge in [-0.1, -0.05) is 30.3 Å². The first-order valence-corrected chi connectivity index (χ1v) is 10.8. The SMILES string of the molecule is COC(=O)c1c(NC(=O)CN(C)Cc2c(C)nn(C)c2C)sc(C)c1-c1ccccc1. The predicted molar refractivity (Wildman–Crippen MR) is 123 cm³/mol. The minimum atomic E-state index is -0.464. The van der Waals surface area contributed by atoms with Crippen LogP contribution in [-0.2, 0) is 23.1 Å². The third-order valence-corrected chi connectivity index (χ3v) is 6.31. The van der Waals surface area contributed by atoms with Crippen LogP contribution in [0.1, 0.15) is 32.2 Å². The van der Waals surface area contributed by atoms with Crippen LogP contribution in [-0.4, -0.2) is 47.3 Å². The zero-order valence-electron chi connectivity index (χ0n) is 18.8. The van der Waals surface area contributed by atoms with Crippen LogP contribution in [0.5, 0.6) is 0 Å². The average molecular weight is 441 g/mol. The number of amides is 1. The van der Waals surface area contributed by atoms with E-state index in [0.29, 0.717) is 17.1 Å². The number of nitrogens with zero attached hydrogens (tertiary/aromatic N) is 3. The number of thiophene rings is 1. The number of aromatic nitrogens is 2. The average Bonchev–Trinajstić information content (AvgIpc) is 3.17. The highest BCUT2D eigenvalue weighted by Crippen LogP contribution is 2.40. The molecule has 0 aliphatic carbocycles. The van der Waals surface area contributed by atoms with Gasteiger partial charge in [0.15, 0.2) is 0 Å². The Hall–Kier alpha value is -2.97. The van der Waals surface area contributed by atoms with Crippen LogP contribution in [0.3, 0.4) is 0 Å². The zero-order valence-corrected chi connectivity index (χ0v) is 19.6. The highest BCUT2D eigenvalue weighted by Gasteiger charge is 2.25. The lowest BCUT2D eigenvalue weighted by Gasteiger charge is -2.16. The number of methoxy groups -OCH3 is 1. The highest BCUT2D eigenvalue weighted by atomic mass is 32.1. The summed E-state index contributed by atoms with van der Waals surface area (Å²) in [6, 6.07) is 9.65. The van der Waals surface area contributed by atoms with Gasteiger partial charge in [0.25, 0.3) is 0 Å². The summed E-state index contributed by atoms with van der Waals surface area (Å²) >= 11 is 1.38. The smallest absolute Gasteiger partial charge is 0.341 e. The molecule has 8 heteroatoms. The molecular formula is C23H28N4O3S. The van der Waals surface area contributed by atoms with Crippen molar-refractivity contribution >= 4 is 28.2 Å². The van der Waals surface area contributed by atoms with E-state index in [1.807, 2.05) is 74.8 Å². The molecule has 31 heavy (non-hydrogen) atoms. The quantitative estimate of drug-likeness (QED) is 0.564. The van der Waals surface area contributed by atoms with Crippen molar-refractivity contribution in [2.24, 2.45) is 7.05 Å². The van der Waals surface area contributed by atoms with E-state index in [9.17, 15) is 9.59 Å². The van der Waals surface area contributed by atoms with E-state index in [1.165, 1.54) is 18.4 Å². The second-order valence-electron chi connectivity index (χ2n) is 7.59. The van der Waals surface area contributed by atoms with Gasteiger partial charge in [0.2, 0.25) is 5.91 Å². The van der Waals surface area contributed by atoms with Crippen molar-refractivity contribution < 1.29 is 14.3 Å². The summed E-state index contributed by atoms with van der Waals surface area (Å²) in [7, 11) is 5.15. The van der Waals surface area contributed by atoms with Gasteiger partial charge in [0, 0.05) is 35.3 Å². The Bertz CT molecular complexity index is 1100. The molecule has 0 aliphatic rings. The van der Waals surface area contributed by atoms with Crippen molar-refractivity contribution in [3.63, 3.8) is 0 Å². The van der Waals surface area contributed by atoms with Gasteiger partial charge in [-0.15, -0.1) is 11.3 Å². The third-order valence-electron chi connectivity index (χ3n) is 5.29. The molecule has 164 valence electrons. The number of nitrogens with one attached hydrogen (secondary N) is 1. The van der Waals surface area contributed by atoms with Crippen LogP contribution in [0.4, 0.5) is 5.00 Å². The van der Waals surface area contributed by atoms with Crippen molar-refractivity contribution in [3.05, 3.63) is 57.7 Å². The van der Waals surface area contributed by atoms with E-state index in [4.69, 9.17) is 4.74 Å². The summed E-state index contributed by atoms with van der Waals surface area (Å²) in [6.45, 7) is 6.73. The number of hydrogen-bond acceptors (Lipinski definition) is 6. The molecule has 7 nitrogen and oxygen atoms in total. The molecule has 3 aromatic rings. The van der Waals surface area contributed by atoms with Crippen LogP contribution in [0.15, 0.2) is 30.3 Å². The number of hydrogen-bond donors (Lipinski definition) is 1. The van der Waals surface area contributed by atoms with Crippen LogP contribution in [0.25, 0.3) is 11.1 Å². The fourth-order valence-corrected chi connectivity index (χ4v) is 4.75. The van der Waals surface area contributed by atoms with E-state index < -0.39 is 5.97 Å². The Labute approximate surface area is 186 Å². The molecule has 0 bridgehead atoms. The predicted octanol–water partition coefficient (Wildman–Crippen LogP) is 3.93. The minimum absolute atomic E-state index is 0.187. The summed E-state index contributed by atoms with van der Waals surface area (Å²) in [4.78, 5) is 28.2. The normalized spacial score (nSPS) is 11.1. The first kappa shape index (κ1) is 22.7. The van der Waals surface area contributed by atoms with E-state index in [-0.39, 0.29) is 12.5 Å². The van der Waals surface area contributed by atoms with Crippen LogP contribution < -0.4 is 5.32 Å². The standard InChI is InChI=1S/C23H28N4O3S/c1-14-18(15(2)27(5)25-14)12-26(4)13-19(28)24-22-21(23(29)30-6)20(16(3)31-22)17-10-8-7-9-11-17/h7-11H,12-13H2,1-6H3,(H,24,28). The molecule has 1 aromatic carbocycles. The topological polar surface area (TPSA) is 76.5 Å². The van der Waals surface area contributed by atoms with Crippen LogP contribution >= 0.6 is 11.3 Å². The number of rotatable bonds is 7. The highest BCUT2D eigenvalue weighted by molar-refractivity contribution is 7.17. The fraction of sp³-hybridized carbons (Fsp3) is 0.348. The van der Waals surface area contributed by atoms with Crippen molar-refractivity contribution in [3.8, 4) is 11.1 Å². The Balaban J connectivity index is 1.80. The van der Waals surface area contributed by atoms with Crippen molar-refractivity contribution in [1.29, 1.82) is 0 Å². The maximum atomic E-state index is 12.8. The van der Waals surface area contributed by atoms with Gasteiger partial charge in [0.05, 0.1) is 19.3 Å². The maximum absolute atomic E-state index is 12.8. The molecule has 1 amide bonds. The van der Waals surface area contributed by atoms with Gasteiger partial charge in [-0.25, -0.2) is 4.79 Å². The lowest BCUT2D eigenvalue weighted by Crippen LogP contribution is -2.30. The van der Waals surface area contributed by atoms with E-state index in [0.717, 1.165) is 33.0 Å². The van der Waals surface area contributed by atoms with Gasteiger partial charge < -0.3 is 10.1 Å². The van der Waals surface area contributed by atoms with Crippen LogP contribution in [0, 0.1) is 20.8 Å². The molecule has 1 N–H and O–H groups in total. The zero-order chi connectivity index (χ0) is 22.7. The van der Waals surface area contributed by atoms with E-state index in [2.05, 4.69) is 10.4 Å². The summed E-state index contributed by atoms with van der Waals surface area (Å²) in [5.41, 5.74) is 5.26. The molecular weight excluding hydrogens is 412 g/mol. The lowest BCUT2D eigenvalue weighted by atomic mass is 10.0. The Morgan fingerprint density at radius 2 is 1.87 bits per heavy atom. The van der Waals surface area contributed by atoms with Gasteiger partial charge in [-0.2, -0.15) is 5.10 Å². The molecule has 0 atom stereocenters. The Kier molecular flexibility index (Phi) is 6.92. The number of esters is 1. The number of ether oxygens (including phenoxy) is 1. The summed E-state index contributed by atoms with van der Waals surface area (Å²) < 4.78 is 6.87. The van der Waals surface area contributed by atoms with E-state index in [1.54, 1.807) is 0 Å². The number of anilines is 1. The summed E-state index contributed by atoms with van der Waals surface area (Å²) in [5.74, 6) is -0.652. The molecule has 0 saturated carbocycles. The molecule has 0 aliphatic heterocycles. The largest absolute Gasteiger partial charge is 0.465 e. The van der Waals surface area contributed by atoms with Crippen molar-refractivity contribution in [2.45, 2.75) is 27.3 Å². The second-order valence-corrected chi connectivity index (χ2v) is 8.81. The van der Waals surface area contributed by atoms with Crippen molar-refractivity contribution in [2.75, 3.05) is 26.0 Å². The maximum Gasteiger partial charge on any atom is 0.341 e. The lowest BCUT2D eigenvalue weighted by molar-refractivity contribution is -0.117. The number of aryl methyl sites for hydroxylation is 3. The molecule has 0 radical (unpaired) electrons. The fourth-order valence-electron chi connectivity index (χ4n) is 3.67. The number of likely N-dealkylation sites (N-methyl/N-ethyl adjacent to an activating group) is 1. The summed E-state index contributed by atoms with van der Waals surface area (Å²) in [5, 5.41) is 7.87. The van der Waals surface area contributed by atoms with Gasteiger partial charge in [0.1, 0.15) is 10.6 Å². The Morgan fingerprint density at radius 3 is 2.45 bits per heavy atom. The van der Waals surface area contributed by atoms with E-state index >= 15 is 0 Å². The number of carbonyl (C=O) groups excluding carboxylic acids is 2. The number of benzene rings is 1. The monoisotopic (exact) mass is 440 g/mol. The van der Waals surface area contributed by atoms with Crippen molar-refractivity contribution in [1.82, 2.24) is 14.7 Å².